The lowest BCUT2D eigenvalue weighted by Crippen LogP contribution is -2.73. The first-order chi connectivity index (χ1) is 12.5. The summed E-state index contributed by atoms with van der Waals surface area (Å²) in [4.78, 5) is 14.9. The van der Waals surface area contributed by atoms with Gasteiger partial charge in [-0.1, -0.05) is 12.1 Å². The Labute approximate surface area is 153 Å². The monoisotopic (exact) mass is 357 g/mol. The van der Waals surface area contributed by atoms with E-state index in [1.807, 2.05) is 6.07 Å². The Morgan fingerprint density at radius 1 is 1.23 bits per heavy atom. The van der Waals surface area contributed by atoms with Crippen LogP contribution in [0.5, 0.6) is 5.75 Å². The molecular formula is C21H27NO4. The molecule has 3 aliphatic carbocycles. The average Bonchev–Trinajstić information content (AvgIpc) is 3.42. The van der Waals surface area contributed by atoms with Gasteiger partial charge in [0, 0.05) is 42.0 Å². The second-order valence-corrected chi connectivity index (χ2v) is 8.90. The number of carbonyl (C=O) groups excluding carboxylic acids is 1. The van der Waals surface area contributed by atoms with Crippen molar-refractivity contribution in [1.29, 1.82) is 0 Å². The second-order valence-electron chi connectivity index (χ2n) is 8.90. The molecule has 0 radical (unpaired) electrons. The molecule has 26 heavy (non-hydrogen) atoms. The third-order valence-corrected chi connectivity index (χ3v) is 7.53. The fourth-order valence-electron chi connectivity index (χ4n) is 6.02. The van der Waals surface area contributed by atoms with Gasteiger partial charge in [-0.15, -0.1) is 0 Å². The number of hydrogen-bond donors (Lipinski definition) is 3. The van der Waals surface area contributed by atoms with E-state index >= 15 is 0 Å². The molecule has 0 unspecified atom stereocenters. The van der Waals surface area contributed by atoms with Gasteiger partial charge >= 0.3 is 0 Å². The smallest absolute Gasteiger partial charge is 0.134 e. The summed E-state index contributed by atoms with van der Waals surface area (Å²) in [5, 5.41) is 32.5. The van der Waals surface area contributed by atoms with E-state index < -0.39 is 11.0 Å². The fourth-order valence-corrected chi connectivity index (χ4v) is 6.02. The Balaban J connectivity index is 1.68. The van der Waals surface area contributed by atoms with Crippen molar-refractivity contribution >= 4 is 5.78 Å². The summed E-state index contributed by atoms with van der Waals surface area (Å²) in [6.07, 6.45) is 5.14. The standard InChI is InChI=1S/C21H27NO4/c23-12-15-4-3-14-9-17-21(26)6-5-16(24)10-20(21,18(14)19(15)25)7-8-22(17)11-13-1-2-13/h3-4,13,17,23,25-26H,1-2,5-12H2/t17-,20-,21-/m1/s1. The molecule has 140 valence electrons. The molecule has 5 rings (SSSR count). The first-order valence-corrected chi connectivity index (χ1v) is 9.92. The lowest BCUT2D eigenvalue weighted by atomic mass is 9.49. The van der Waals surface area contributed by atoms with Crippen molar-refractivity contribution in [3.63, 3.8) is 0 Å². The average molecular weight is 357 g/mol. The number of ketones is 1. The van der Waals surface area contributed by atoms with Crippen LogP contribution in [0.15, 0.2) is 12.1 Å². The highest BCUT2D eigenvalue weighted by Gasteiger charge is 2.65. The van der Waals surface area contributed by atoms with Crippen molar-refractivity contribution in [1.82, 2.24) is 4.90 Å². The zero-order valence-electron chi connectivity index (χ0n) is 15.1. The summed E-state index contributed by atoms with van der Waals surface area (Å²) in [7, 11) is 0. The van der Waals surface area contributed by atoms with Gasteiger partial charge in [-0.25, -0.2) is 0 Å². The Morgan fingerprint density at radius 2 is 2.04 bits per heavy atom. The summed E-state index contributed by atoms with van der Waals surface area (Å²) < 4.78 is 0. The van der Waals surface area contributed by atoms with Gasteiger partial charge in [0.15, 0.2) is 0 Å². The van der Waals surface area contributed by atoms with Crippen LogP contribution in [0.2, 0.25) is 0 Å². The highest BCUT2D eigenvalue weighted by Crippen LogP contribution is 2.60. The van der Waals surface area contributed by atoms with Gasteiger partial charge in [-0.05, 0) is 50.1 Å². The highest BCUT2D eigenvalue weighted by molar-refractivity contribution is 5.83. The van der Waals surface area contributed by atoms with Crippen LogP contribution in [0, 0.1) is 5.92 Å². The van der Waals surface area contributed by atoms with Gasteiger partial charge in [-0.3, -0.25) is 9.69 Å². The van der Waals surface area contributed by atoms with E-state index in [2.05, 4.69) is 4.90 Å². The predicted molar refractivity (Wildman–Crippen MR) is 95.9 cm³/mol. The van der Waals surface area contributed by atoms with Crippen molar-refractivity contribution in [2.24, 2.45) is 5.92 Å². The van der Waals surface area contributed by atoms with Crippen molar-refractivity contribution in [3.8, 4) is 5.75 Å². The summed E-state index contributed by atoms with van der Waals surface area (Å²) >= 11 is 0. The van der Waals surface area contributed by atoms with Crippen LogP contribution in [-0.4, -0.2) is 50.7 Å². The van der Waals surface area contributed by atoms with E-state index in [0.29, 0.717) is 37.7 Å². The maximum Gasteiger partial charge on any atom is 0.134 e. The number of phenols is 1. The Bertz CT molecular complexity index is 774. The van der Waals surface area contributed by atoms with Crippen LogP contribution in [0.4, 0.5) is 0 Å². The lowest BCUT2D eigenvalue weighted by Gasteiger charge is -2.63. The molecular weight excluding hydrogens is 330 g/mol. The van der Waals surface area contributed by atoms with Gasteiger partial charge < -0.3 is 15.3 Å². The van der Waals surface area contributed by atoms with Crippen LogP contribution < -0.4 is 0 Å². The topological polar surface area (TPSA) is 81.0 Å². The quantitative estimate of drug-likeness (QED) is 0.766. The number of rotatable bonds is 3. The molecule has 5 nitrogen and oxygen atoms in total. The molecule has 0 amide bonds. The predicted octanol–water partition coefficient (Wildman–Crippen LogP) is 1.65. The van der Waals surface area contributed by atoms with E-state index in [1.54, 1.807) is 6.07 Å². The van der Waals surface area contributed by atoms with Gasteiger partial charge in [0.2, 0.25) is 0 Å². The van der Waals surface area contributed by atoms with E-state index in [-0.39, 0.29) is 24.2 Å². The number of aromatic hydroxyl groups is 1. The van der Waals surface area contributed by atoms with Gasteiger partial charge in [-0.2, -0.15) is 0 Å². The lowest BCUT2D eigenvalue weighted by molar-refractivity contribution is -0.173. The number of aliphatic hydroxyl groups is 2. The number of nitrogens with zero attached hydrogens (tertiary/aromatic N) is 1. The number of fused-ring (bicyclic) bond motifs is 1. The SMILES string of the molecule is O=C1CC[C@@]2(O)[C@H]3Cc4ccc(CO)c(O)c4[C@@]2(CCN3CC2CC2)C1. The molecule has 2 saturated carbocycles. The molecule has 1 heterocycles. The number of piperidine rings is 1. The number of aliphatic hydroxyl groups excluding tert-OH is 1. The first kappa shape index (κ1) is 16.7. The number of Topliss-reactive ketones (excluding diaryl/α,β-unsaturated/α-hetero) is 1. The van der Waals surface area contributed by atoms with E-state index in [0.717, 1.165) is 30.1 Å². The van der Waals surface area contributed by atoms with Crippen LogP contribution in [0.3, 0.4) is 0 Å². The molecule has 0 spiro atoms. The molecule has 4 aliphatic rings. The minimum atomic E-state index is -0.980. The van der Waals surface area contributed by atoms with Crippen LogP contribution in [0.25, 0.3) is 0 Å². The van der Waals surface area contributed by atoms with Crippen LogP contribution in [0.1, 0.15) is 55.2 Å². The maximum atomic E-state index is 12.4. The largest absolute Gasteiger partial charge is 0.507 e. The van der Waals surface area contributed by atoms with Crippen molar-refractivity contribution in [2.45, 2.75) is 68.6 Å². The van der Waals surface area contributed by atoms with Crippen molar-refractivity contribution in [3.05, 3.63) is 28.8 Å². The zero-order chi connectivity index (χ0) is 18.1. The highest BCUT2D eigenvalue weighted by atomic mass is 16.3. The fraction of sp³-hybridized carbons (Fsp3) is 0.667. The number of benzene rings is 1. The maximum absolute atomic E-state index is 12.4. The minimum Gasteiger partial charge on any atom is -0.507 e. The van der Waals surface area contributed by atoms with Crippen LogP contribution in [-0.2, 0) is 23.2 Å². The second kappa shape index (κ2) is 5.54. The zero-order valence-corrected chi connectivity index (χ0v) is 15.1. The van der Waals surface area contributed by atoms with Crippen LogP contribution >= 0.6 is 0 Å². The molecule has 2 bridgehead atoms. The van der Waals surface area contributed by atoms with E-state index in [1.165, 1.54) is 12.8 Å². The van der Waals surface area contributed by atoms with E-state index in [4.69, 9.17) is 0 Å². The molecule has 0 aromatic heterocycles. The van der Waals surface area contributed by atoms with E-state index in [9.17, 15) is 20.1 Å². The molecule has 1 aliphatic heterocycles. The van der Waals surface area contributed by atoms with Gasteiger partial charge in [0.1, 0.15) is 11.5 Å². The first-order valence-electron chi connectivity index (χ1n) is 9.92. The molecule has 1 aromatic rings. The number of hydrogen-bond acceptors (Lipinski definition) is 5. The summed E-state index contributed by atoms with van der Waals surface area (Å²) in [5.41, 5.74) is 0.562. The third kappa shape index (κ3) is 2.11. The third-order valence-electron chi connectivity index (χ3n) is 7.53. The Kier molecular flexibility index (Phi) is 3.56. The molecule has 3 fully saturated rings. The summed E-state index contributed by atoms with van der Waals surface area (Å²) in [6, 6.07) is 3.77. The minimum absolute atomic E-state index is 0.0110. The molecule has 5 heteroatoms. The molecule has 1 saturated heterocycles. The molecule has 3 N–H and O–H groups in total. The van der Waals surface area contributed by atoms with Crippen molar-refractivity contribution < 1.29 is 20.1 Å². The molecule has 1 aromatic carbocycles. The Hall–Kier alpha value is -1.43. The van der Waals surface area contributed by atoms with Crippen molar-refractivity contribution in [2.75, 3.05) is 13.1 Å². The summed E-state index contributed by atoms with van der Waals surface area (Å²) in [5.74, 6) is 1.01. The van der Waals surface area contributed by atoms with Gasteiger partial charge in [0.25, 0.3) is 0 Å². The number of carbonyl (C=O) groups is 1. The number of likely N-dealkylation sites (tertiary alicyclic amines) is 1. The molecule has 3 atom stereocenters. The normalized spacial score (nSPS) is 36.5. The Morgan fingerprint density at radius 3 is 2.77 bits per heavy atom. The van der Waals surface area contributed by atoms with Gasteiger partial charge in [0.05, 0.1) is 12.2 Å². The summed E-state index contributed by atoms with van der Waals surface area (Å²) in [6.45, 7) is 1.66.